The van der Waals surface area contributed by atoms with Gasteiger partial charge in [-0.15, -0.1) is 11.3 Å². The Morgan fingerprint density at radius 2 is 1.82 bits per heavy atom. The van der Waals surface area contributed by atoms with Gasteiger partial charge in [-0.3, -0.25) is 4.79 Å². The number of rotatable bonds is 3. The van der Waals surface area contributed by atoms with E-state index in [0.29, 0.717) is 10.6 Å². The van der Waals surface area contributed by atoms with Crippen LogP contribution in [0.1, 0.15) is 44.0 Å². The largest absolute Gasteiger partial charge is 0.478 e. The number of hydrogen-bond donors (Lipinski definition) is 2. The number of halogens is 1. The van der Waals surface area contributed by atoms with E-state index in [1.165, 1.54) is 35.6 Å². The van der Waals surface area contributed by atoms with Gasteiger partial charge in [0, 0.05) is 10.4 Å². The average molecular weight is 319 g/mol. The number of carbonyl (C=O) groups excluding carboxylic acids is 1. The number of fused-ring (bicyclic) bond motifs is 1. The molecule has 1 aromatic carbocycles. The molecule has 22 heavy (non-hydrogen) atoms. The first kappa shape index (κ1) is 14.7. The predicted octanol–water partition coefficient (Wildman–Crippen LogP) is 3.72. The molecule has 0 saturated heterocycles. The summed E-state index contributed by atoms with van der Waals surface area (Å²) in [7, 11) is 0. The zero-order valence-electron chi connectivity index (χ0n) is 11.7. The molecule has 0 aliphatic heterocycles. The van der Waals surface area contributed by atoms with Crippen molar-refractivity contribution in [3.63, 3.8) is 0 Å². The molecule has 2 N–H and O–H groups in total. The van der Waals surface area contributed by atoms with E-state index in [1.807, 2.05) is 0 Å². The van der Waals surface area contributed by atoms with E-state index < -0.39 is 17.7 Å². The van der Waals surface area contributed by atoms with Gasteiger partial charge in [0.1, 0.15) is 10.8 Å². The summed E-state index contributed by atoms with van der Waals surface area (Å²) in [6.07, 6.45) is 3.60. The Hall–Kier alpha value is -2.21. The maximum absolute atomic E-state index is 12.9. The Morgan fingerprint density at radius 1 is 1.14 bits per heavy atom. The second kappa shape index (κ2) is 5.88. The van der Waals surface area contributed by atoms with Gasteiger partial charge in [0.05, 0.1) is 5.56 Å². The van der Waals surface area contributed by atoms with Gasteiger partial charge in [0.15, 0.2) is 0 Å². The van der Waals surface area contributed by atoms with Crippen LogP contribution in [0.4, 0.5) is 9.39 Å². The van der Waals surface area contributed by atoms with Crippen LogP contribution in [0.15, 0.2) is 24.3 Å². The lowest BCUT2D eigenvalue weighted by atomic mass is 9.95. The van der Waals surface area contributed by atoms with Gasteiger partial charge < -0.3 is 10.4 Å². The smallest absolute Gasteiger partial charge is 0.339 e. The minimum absolute atomic E-state index is 0.204. The first-order valence-corrected chi connectivity index (χ1v) is 7.82. The number of carboxylic acids is 1. The van der Waals surface area contributed by atoms with Gasteiger partial charge in [-0.2, -0.15) is 0 Å². The quantitative estimate of drug-likeness (QED) is 0.906. The summed E-state index contributed by atoms with van der Waals surface area (Å²) in [4.78, 5) is 24.8. The van der Waals surface area contributed by atoms with Crippen molar-refractivity contribution in [2.45, 2.75) is 25.7 Å². The van der Waals surface area contributed by atoms with E-state index in [-0.39, 0.29) is 5.56 Å². The SMILES string of the molecule is O=C(Nc1sc2c(c1C(=O)O)CCCC2)c1ccc(F)cc1. The van der Waals surface area contributed by atoms with E-state index in [1.54, 1.807) is 0 Å². The first-order valence-electron chi connectivity index (χ1n) is 7.01. The number of aryl methyl sites for hydroxylation is 1. The van der Waals surface area contributed by atoms with Crippen LogP contribution in [0.3, 0.4) is 0 Å². The van der Waals surface area contributed by atoms with Crippen molar-refractivity contribution in [1.82, 2.24) is 0 Å². The monoisotopic (exact) mass is 319 g/mol. The van der Waals surface area contributed by atoms with Crippen molar-refractivity contribution >= 4 is 28.2 Å². The summed E-state index contributed by atoms with van der Waals surface area (Å²) < 4.78 is 12.9. The molecular weight excluding hydrogens is 305 g/mol. The van der Waals surface area contributed by atoms with E-state index in [9.17, 15) is 19.1 Å². The van der Waals surface area contributed by atoms with Crippen molar-refractivity contribution in [2.24, 2.45) is 0 Å². The summed E-state index contributed by atoms with van der Waals surface area (Å²) in [6.45, 7) is 0. The fraction of sp³-hybridized carbons (Fsp3) is 0.250. The normalized spacial score (nSPS) is 13.5. The summed E-state index contributed by atoms with van der Waals surface area (Å²) in [6, 6.07) is 5.15. The number of aromatic carboxylic acids is 1. The van der Waals surface area contributed by atoms with Crippen LogP contribution in [-0.4, -0.2) is 17.0 Å². The highest BCUT2D eigenvalue weighted by Gasteiger charge is 2.26. The van der Waals surface area contributed by atoms with Crippen LogP contribution in [-0.2, 0) is 12.8 Å². The van der Waals surface area contributed by atoms with E-state index in [2.05, 4.69) is 5.32 Å². The number of carbonyl (C=O) groups is 2. The van der Waals surface area contributed by atoms with Crippen molar-refractivity contribution in [3.8, 4) is 0 Å². The second-order valence-electron chi connectivity index (χ2n) is 5.18. The van der Waals surface area contributed by atoms with Gasteiger partial charge in [0.25, 0.3) is 5.91 Å². The van der Waals surface area contributed by atoms with E-state index in [0.717, 1.165) is 36.1 Å². The zero-order chi connectivity index (χ0) is 15.7. The van der Waals surface area contributed by atoms with E-state index in [4.69, 9.17) is 0 Å². The molecule has 0 radical (unpaired) electrons. The van der Waals surface area contributed by atoms with Gasteiger partial charge in [-0.1, -0.05) is 0 Å². The summed E-state index contributed by atoms with van der Waals surface area (Å²) >= 11 is 1.33. The Labute approximate surface area is 130 Å². The molecule has 4 nitrogen and oxygen atoms in total. The Bertz CT molecular complexity index is 737. The molecule has 3 rings (SSSR count). The third-order valence-corrected chi connectivity index (χ3v) is 4.93. The predicted molar refractivity (Wildman–Crippen MR) is 82.3 cm³/mol. The summed E-state index contributed by atoms with van der Waals surface area (Å²) in [5.74, 6) is -1.87. The molecule has 1 heterocycles. The molecule has 0 saturated carbocycles. The number of nitrogens with one attached hydrogen (secondary N) is 1. The number of carboxylic acid groups (broad SMARTS) is 1. The van der Waals surface area contributed by atoms with E-state index >= 15 is 0 Å². The van der Waals surface area contributed by atoms with Crippen LogP contribution in [0.25, 0.3) is 0 Å². The van der Waals surface area contributed by atoms with Gasteiger partial charge >= 0.3 is 5.97 Å². The fourth-order valence-corrected chi connectivity index (χ4v) is 3.93. The highest BCUT2D eigenvalue weighted by molar-refractivity contribution is 7.17. The molecule has 0 fully saturated rings. The number of thiophene rings is 1. The highest BCUT2D eigenvalue weighted by Crippen LogP contribution is 2.38. The Kier molecular flexibility index (Phi) is 3.94. The number of amides is 1. The fourth-order valence-electron chi connectivity index (χ4n) is 2.66. The van der Waals surface area contributed by atoms with Gasteiger partial charge in [-0.25, -0.2) is 9.18 Å². The highest BCUT2D eigenvalue weighted by atomic mass is 32.1. The summed E-state index contributed by atoms with van der Waals surface area (Å²) in [5.41, 5.74) is 1.34. The number of hydrogen-bond acceptors (Lipinski definition) is 3. The minimum atomic E-state index is -1.02. The average Bonchev–Trinajstić information content (AvgIpc) is 2.85. The topological polar surface area (TPSA) is 66.4 Å². The van der Waals surface area contributed by atoms with Crippen LogP contribution in [0.2, 0.25) is 0 Å². The Balaban J connectivity index is 1.91. The third kappa shape index (κ3) is 2.74. The molecule has 6 heteroatoms. The van der Waals surface area contributed by atoms with Crippen LogP contribution in [0, 0.1) is 5.82 Å². The molecule has 1 aliphatic carbocycles. The van der Waals surface area contributed by atoms with Crippen molar-refractivity contribution in [3.05, 3.63) is 51.7 Å². The van der Waals surface area contributed by atoms with Gasteiger partial charge in [-0.05, 0) is 55.5 Å². The number of anilines is 1. The molecule has 2 aromatic rings. The molecule has 1 aromatic heterocycles. The molecule has 0 unspecified atom stereocenters. The third-order valence-electron chi connectivity index (χ3n) is 3.72. The molecule has 0 bridgehead atoms. The summed E-state index contributed by atoms with van der Waals surface area (Å²) in [5, 5.41) is 12.5. The lowest BCUT2D eigenvalue weighted by Crippen LogP contribution is -2.14. The van der Waals surface area contributed by atoms with Crippen LogP contribution < -0.4 is 5.32 Å². The molecule has 1 amide bonds. The zero-order valence-corrected chi connectivity index (χ0v) is 12.5. The van der Waals surface area contributed by atoms with Crippen molar-refractivity contribution in [2.75, 3.05) is 5.32 Å². The molecule has 0 spiro atoms. The first-order chi connectivity index (χ1) is 10.6. The minimum Gasteiger partial charge on any atom is -0.478 e. The molecule has 1 aliphatic rings. The van der Waals surface area contributed by atoms with Crippen LogP contribution >= 0.6 is 11.3 Å². The van der Waals surface area contributed by atoms with Crippen molar-refractivity contribution in [1.29, 1.82) is 0 Å². The Morgan fingerprint density at radius 3 is 2.50 bits per heavy atom. The van der Waals surface area contributed by atoms with Gasteiger partial charge in [0.2, 0.25) is 0 Å². The van der Waals surface area contributed by atoms with Crippen molar-refractivity contribution < 1.29 is 19.1 Å². The molecule has 114 valence electrons. The lowest BCUT2D eigenvalue weighted by molar-refractivity contribution is 0.0697. The maximum atomic E-state index is 12.9. The lowest BCUT2D eigenvalue weighted by Gasteiger charge is -2.10. The maximum Gasteiger partial charge on any atom is 0.339 e. The second-order valence-corrected chi connectivity index (χ2v) is 6.29. The number of benzene rings is 1. The van der Waals surface area contributed by atoms with Crippen LogP contribution in [0.5, 0.6) is 0 Å². The molecule has 0 atom stereocenters. The standard InChI is InChI=1S/C16H14FNO3S/c17-10-7-5-9(6-8-10)14(19)18-15-13(16(20)21)11-3-1-2-4-12(11)22-15/h5-8H,1-4H2,(H,18,19)(H,20,21). The molecular formula is C16H14FNO3S.